The van der Waals surface area contributed by atoms with Gasteiger partial charge in [0.1, 0.15) is 5.75 Å². The molecular formula is C21H27ClN2O4S. The molecule has 0 aliphatic carbocycles. The molecule has 0 spiro atoms. The number of carbonyl (C=O) groups excluding carboxylic acids is 1. The molecule has 0 fully saturated rings. The lowest BCUT2D eigenvalue weighted by atomic mass is 10.0. The Labute approximate surface area is 177 Å². The largest absolute Gasteiger partial charge is 0.495 e. The zero-order chi connectivity index (χ0) is 21.6. The summed E-state index contributed by atoms with van der Waals surface area (Å²) in [6.45, 7) is 4.38. The van der Waals surface area contributed by atoms with Gasteiger partial charge in [0.15, 0.2) is 0 Å². The number of benzene rings is 2. The Balaban J connectivity index is 1.97. The van der Waals surface area contributed by atoms with Gasteiger partial charge in [-0.15, -0.1) is 0 Å². The summed E-state index contributed by atoms with van der Waals surface area (Å²) in [6.07, 6.45) is 1.69. The van der Waals surface area contributed by atoms with Crippen LogP contribution in [-0.4, -0.2) is 34.2 Å². The minimum absolute atomic E-state index is 0.163. The highest BCUT2D eigenvalue weighted by atomic mass is 35.5. The third-order valence-corrected chi connectivity index (χ3v) is 5.94. The summed E-state index contributed by atoms with van der Waals surface area (Å²) in [5.41, 5.74) is 2.36. The van der Waals surface area contributed by atoms with Gasteiger partial charge in [-0.05, 0) is 48.2 Å². The predicted molar refractivity (Wildman–Crippen MR) is 119 cm³/mol. The molecule has 0 atom stereocenters. The number of methoxy groups -OCH3 is 1. The molecule has 2 aromatic carbocycles. The molecule has 29 heavy (non-hydrogen) atoms. The van der Waals surface area contributed by atoms with E-state index in [4.69, 9.17) is 16.3 Å². The fraction of sp³-hybridized carbons (Fsp3) is 0.381. The van der Waals surface area contributed by atoms with Crippen LogP contribution in [0.4, 0.5) is 11.4 Å². The summed E-state index contributed by atoms with van der Waals surface area (Å²) in [7, 11) is -2.03. The SMILES string of the molecule is COc1ccc(N(CCCC(=O)Nc2ccc(C(C)C)cc2)S(C)(=O)=O)cc1Cl. The lowest BCUT2D eigenvalue weighted by Crippen LogP contribution is -2.31. The van der Waals surface area contributed by atoms with Crippen LogP contribution in [0.25, 0.3) is 0 Å². The molecule has 158 valence electrons. The lowest BCUT2D eigenvalue weighted by Gasteiger charge is -2.23. The van der Waals surface area contributed by atoms with Crippen LogP contribution < -0.4 is 14.4 Å². The number of nitrogens with one attached hydrogen (secondary N) is 1. The molecule has 0 radical (unpaired) electrons. The maximum Gasteiger partial charge on any atom is 0.232 e. The number of carbonyl (C=O) groups is 1. The predicted octanol–water partition coefficient (Wildman–Crippen LogP) is 4.66. The summed E-state index contributed by atoms with van der Waals surface area (Å²) >= 11 is 6.12. The lowest BCUT2D eigenvalue weighted by molar-refractivity contribution is -0.116. The van der Waals surface area contributed by atoms with Crippen molar-refractivity contribution in [1.82, 2.24) is 0 Å². The fourth-order valence-corrected chi connectivity index (χ4v) is 4.06. The number of anilines is 2. The van der Waals surface area contributed by atoms with Gasteiger partial charge in [0.2, 0.25) is 15.9 Å². The van der Waals surface area contributed by atoms with Crippen molar-refractivity contribution in [2.45, 2.75) is 32.6 Å². The van der Waals surface area contributed by atoms with E-state index >= 15 is 0 Å². The molecule has 8 heteroatoms. The molecular weight excluding hydrogens is 412 g/mol. The molecule has 0 aromatic heterocycles. The third-order valence-electron chi connectivity index (χ3n) is 4.45. The highest BCUT2D eigenvalue weighted by Crippen LogP contribution is 2.30. The molecule has 1 N–H and O–H groups in total. The number of nitrogens with zero attached hydrogens (tertiary/aromatic N) is 1. The highest BCUT2D eigenvalue weighted by Gasteiger charge is 2.19. The van der Waals surface area contributed by atoms with Gasteiger partial charge in [-0.2, -0.15) is 0 Å². The number of hydrogen-bond donors (Lipinski definition) is 1. The quantitative estimate of drug-likeness (QED) is 0.617. The van der Waals surface area contributed by atoms with Crippen molar-refractivity contribution in [3.8, 4) is 5.75 Å². The van der Waals surface area contributed by atoms with Gasteiger partial charge in [-0.25, -0.2) is 8.42 Å². The van der Waals surface area contributed by atoms with E-state index < -0.39 is 10.0 Å². The van der Waals surface area contributed by atoms with E-state index in [1.54, 1.807) is 12.1 Å². The third kappa shape index (κ3) is 6.65. The summed E-state index contributed by atoms with van der Waals surface area (Å²) in [5.74, 6) is 0.725. The monoisotopic (exact) mass is 438 g/mol. The second-order valence-electron chi connectivity index (χ2n) is 7.08. The van der Waals surface area contributed by atoms with Crippen LogP contribution in [0.1, 0.15) is 38.2 Å². The standard InChI is InChI=1S/C21H27ClN2O4S/c1-15(2)16-7-9-17(10-8-16)23-21(25)6-5-13-24(29(4,26)27)18-11-12-20(28-3)19(22)14-18/h7-12,14-15H,5-6,13H2,1-4H3,(H,23,25). The van der Waals surface area contributed by atoms with Crippen LogP contribution in [0.3, 0.4) is 0 Å². The van der Waals surface area contributed by atoms with Crippen molar-refractivity contribution in [1.29, 1.82) is 0 Å². The Morgan fingerprint density at radius 3 is 2.34 bits per heavy atom. The smallest absolute Gasteiger partial charge is 0.232 e. The Kier molecular flexibility index (Phi) is 7.93. The molecule has 0 saturated carbocycles. The maximum atomic E-state index is 12.2. The first-order chi connectivity index (χ1) is 13.6. The van der Waals surface area contributed by atoms with E-state index in [2.05, 4.69) is 19.2 Å². The van der Waals surface area contributed by atoms with Gasteiger partial charge in [0.25, 0.3) is 0 Å². The minimum Gasteiger partial charge on any atom is -0.495 e. The average molecular weight is 439 g/mol. The molecule has 0 unspecified atom stereocenters. The molecule has 0 aliphatic rings. The second kappa shape index (κ2) is 9.98. The van der Waals surface area contributed by atoms with Crippen LogP contribution in [0, 0.1) is 0 Å². The van der Waals surface area contributed by atoms with Crippen LogP contribution >= 0.6 is 11.6 Å². The van der Waals surface area contributed by atoms with Crippen molar-refractivity contribution in [3.05, 3.63) is 53.1 Å². The summed E-state index contributed by atoms with van der Waals surface area (Å²) in [5, 5.41) is 3.16. The molecule has 2 aromatic rings. The Hall–Kier alpha value is -2.25. The number of sulfonamides is 1. The van der Waals surface area contributed by atoms with E-state index in [9.17, 15) is 13.2 Å². The van der Waals surface area contributed by atoms with Crippen molar-refractivity contribution in [2.24, 2.45) is 0 Å². The Bertz CT molecular complexity index is 944. The fourth-order valence-electron chi connectivity index (χ4n) is 2.85. The molecule has 6 nitrogen and oxygen atoms in total. The van der Waals surface area contributed by atoms with E-state index in [1.807, 2.05) is 24.3 Å². The number of rotatable bonds is 9. The molecule has 0 saturated heterocycles. The zero-order valence-electron chi connectivity index (χ0n) is 17.1. The van der Waals surface area contributed by atoms with Crippen molar-refractivity contribution in [2.75, 3.05) is 29.5 Å². The van der Waals surface area contributed by atoms with Crippen molar-refractivity contribution < 1.29 is 17.9 Å². The number of ether oxygens (including phenoxy) is 1. The van der Waals surface area contributed by atoms with Gasteiger partial charge in [-0.3, -0.25) is 9.10 Å². The van der Waals surface area contributed by atoms with Crippen LogP contribution in [0.5, 0.6) is 5.75 Å². The first kappa shape index (κ1) is 23.0. The second-order valence-corrected chi connectivity index (χ2v) is 9.40. The van der Waals surface area contributed by atoms with Crippen LogP contribution in [-0.2, 0) is 14.8 Å². The van der Waals surface area contributed by atoms with E-state index in [0.29, 0.717) is 28.8 Å². The molecule has 0 aliphatic heterocycles. The first-order valence-electron chi connectivity index (χ1n) is 9.33. The van der Waals surface area contributed by atoms with E-state index in [0.717, 1.165) is 11.9 Å². The van der Waals surface area contributed by atoms with Gasteiger partial charge in [0, 0.05) is 18.7 Å². The average Bonchev–Trinajstić information content (AvgIpc) is 2.64. The van der Waals surface area contributed by atoms with E-state index in [1.165, 1.54) is 23.0 Å². The van der Waals surface area contributed by atoms with Gasteiger partial charge < -0.3 is 10.1 Å². The van der Waals surface area contributed by atoms with Crippen molar-refractivity contribution >= 4 is 38.9 Å². The first-order valence-corrected chi connectivity index (χ1v) is 11.6. The molecule has 1 amide bonds. The summed E-state index contributed by atoms with van der Waals surface area (Å²) < 4.78 is 30.7. The highest BCUT2D eigenvalue weighted by molar-refractivity contribution is 7.92. The van der Waals surface area contributed by atoms with Gasteiger partial charge >= 0.3 is 0 Å². The summed E-state index contributed by atoms with van der Waals surface area (Å²) in [4.78, 5) is 12.2. The van der Waals surface area contributed by atoms with E-state index in [-0.39, 0.29) is 18.9 Å². The number of halogens is 1. The molecule has 0 heterocycles. The van der Waals surface area contributed by atoms with Gasteiger partial charge in [0.05, 0.1) is 24.1 Å². The summed E-state index contributed by atoms with van der Waals surface area (Å²) in [6, 6.07) is 12.5. The molecule has 0 bridgehead atoms. The zero-order valence-corrected chi connectivity index (χ0v) is 18.7. The Morgan fingerprint density at radius 2 is 1.83 bits per heavy atom. The van der Waals surface area contributed by atoms with Crippen molar-refractivity contribution in [3.63, 3.8) is 0 Å². The topological polar surface area (TPSA) is 75.7 Å². The Morgan fingerprint density at radius 1 is 1.17 bits per heavy atom. The van der Waals surface area contributed by atoms with Crippen LogP contribution in [0.2, 0.25) is 5.02 Å². The van der Waals surface area contributed by atoms with Gasteiger partial charge in [-0.1, -0.05) is 37.6 Å². The molecule has 2 rings (SSSR count). The number of amides is 1. The normalized spacial score (nSPS) is 11.4. The number of hydrogen-bond acceptors (Lipinski definition) is 4. The maximum absolute atomic E-state index is 12.2. The van der Waals surface area contributed by atoms with Crippen LogP contribution in [0.15, 0.2) is 42.5 Å². The minimum atomic E-state index is -3.52.